The minimum atomic E-state index is -0.563. The zero-order chi connectivity index (χ0) is 27.2. The molecular formula is C29H30N8Pt. The van der Waals surface area contributed by atoms with Gasteiger partial charge in [-0.1, -0.05) is 72.0 Å². The van der Waals surface area contributed by atoms with Crippen molar-refractivity contribution < 1.29 is 21.1 Å². The summed E-state index contributed by atoms with van der Waals surface area (Å²) in [5, 5.41) is 18.9. The standard InChI is InChI=1S/C29H30N8.Pt/c1-27(2,3)25-19(16-30)17-36(34-25)23-14-10-12-21(32-23)29(7,8)22-13-11-15-24(33-22)37-18-20(31-9)26(35-37)28(4,5)6;/h10-15H,1-8H3;/q-2;+2. The average molecular weight is 686 g/mol. The van der Waals surface area contributed by atoms with Crippen LogP contribution in [0.1, 0.15) is 83.7 Å². The molecule has 0 aliphatic rings. The Labute approximate surface area is 238 Å². The smallest absolute Gasteiger partial charge is 0.356 e. The molecule has 0 atom stereocenters. The third-order valence-electron chi connectivity index (χ3n) is 6.12. The fourth-order valence-corrected chi connectivity index (χ4v) is 3.97. The van der Waals surface area contributed by atoms with E-state index in [1.54, 1.807) is 9.36 Å². The van der Waals surface area contributed by atoms with Crippen molar-refractivity contribution in [3.05, 3.63) is 88.5 Å². The van der Waals surface area contributed by atoms with Crippen molar-refractivity contribution in [2.75, 3.05) is 0 Å². The van der Waals surface area contributed by atoms with Crippen LogP contribution in [-0.4, -0.2) is 29.5 Å². The Hall–Kier alpha value is -3.61. The van der Waals surface area contributed by atoms with Crippen molar-refractivity contribution in [1.82, 2.24) is 29.5 Å². The summed E-state index contributed by atoms with van der Waals surface area (Å²) in [5.74, 6) is 1.15. The van der Waals surface area contributed by atoms with Gasteiger partial charge in [0, 0.05) is 22.5 Å². The molecule has 0 bridgehead atoms. The number of rotatable bonds is 4. The van der Waals surface area contributed by atoms with Crippen LogP contribution in [-0.2, 0) is 37.3 Å². The molecule has 4 aromatic heterocycles. The fourth-order valence-electron chi connectivity index (χ4n) is 3.97. The Kier molecular flexibility index (Phi) is 7.83. The molecule has 0 fully saturated rings. The molecule has 38 heavy (non-hydrogen) atoms. The number of nitriles is 1. The molecule has 4 heterocycles. The van der Waals surface area contributed by atoms with Crippen LogP contribution in [0.5, 0.6) is 0 Å². The van der Waals surface area contributed by atoms with Gasteiger partial charge in [0.2, 0.25) is 0 Å². The zero-order valence-corrected chi connectivity index (χ0v) is 25.1. The van der Waals surface area contributed by atoms with Crippen molar-refractivity contribution in [3.63, 3.8) is 0 Å². The van der Waals surface area contributed by atoms with Crippen molar-refractivity contribution in [3.8, 4) is 17.7 Å². The number of hydrogen-bond donors (Lipinski definition) is 0. The topological polar surface area (TPSA) is 89.6 Å². The van der Waals surface area contributed by atoms with E-state index in [0.29, 0.717) is 34.3 Å². The van der Waals surface area contributed by atoms with Crippen molar-refractivity contribution in [2.24, 2.45) is 0 Å². The first-order valence-electron chi connectivity index (χ1n) is 12.0. The second kappa shape index (κ2) is 10.3. The van der Waals surface area contributed by atoms with Gasteiger partial charge in [-0.3, -0.25) is 25.2 Å². The molecule has 0 amide bonds. The molecule has 8 nitrogen and oxygen atoms in total. The van der Waals surface area contributed by atoms with Crippen LogP contribution in [0.3, 0.4) is 0 Å². The maximum absolute atomic E-state index is 9.58. The van der Waals surface area contributed by atoms with Crippen molar-refractivity contribution in [2.45, 2.75) is 71.6 Å². The Bertz CT molecular complexity index is 1430. The summed E-state index contributed by atoms with van der Waals surface area (Å²) in [6, 6.07) is 13.6. The van der Waals surface area contributed by atoms with Crippen LogP contribution >= 0.6 is 0 Å². The predicted octanol–water partition coefficient (Wildman–Crippen LogP) is 5.79. The van der Waals surface area contributed by atoms with Gasteiger partial charge < -0.3 is 9.36 Å². The zero-order valence-electron chi connectivity index (χ0n) is 22.9. The summed E-state index contributed by atoms with van der Waals surface area (Å²) in [4.78, 5) is 13.4. The second-order valence-corrected chi connectivity index (χ2v) is 11.6. The molecule has 4 rings (SSSR count). The molecular weight excluding hydrogens is 655 g/mol. The Morgan fingerprint density at radius 2 is 1.26 bits per heavy atom. The van der Waals surface area contributed by atoms with Crippen LogP contribution in [0.15, 0.2) is 36.4 Å². The van der Waals surface area contributed by atoms with Crippen LogP contribution in [0.2, 0.25) is 0 Å². The maximum Gasteiger partial charge on any atom is 2.00 e. The van der Waals surface area contributed by atoms with E-state index in [1.165, 1.54) is 0 Å². The Balaban J connectivity index is 0.00000400. The first kappa shape index (κ1) is 29.0. The van der Waals surface area contributed by atoms with Crippen molar-refractivity contribution in [1.29, 1.82) is 5.26 Å². The molecule has 0 aliphatic carbocycles. The van der Waals surface area contributed by atoms with Gasteiger partial charge in [-0.25, -0.2) is 5.10 Å². The first-order chi connectivity index (χ1) is 17.3. The summed E-state index contributed by atoms with van der Waals surface area (Å²) < 4.78 is 3.09. The molecule has 9 heteroatoms. The Morgan fingerprint density at radius 1 is 0.789 bits per heavy atom. The normalized spacial score (nSPS) is 11.9. The second-order valence-electron chi connectivity index (χ2n) is 11.6. The van der Waals surface area contributed by atoms with Crippen LogP contribution in [0.4, 0.5) is 5.69 Å². The number of nitrogens with zero attached hydrogens (tertiary/aromatic N) is 8. The van der Waals surface area contributed by atoms with Gasteiger partial charge >= 0.3 is 21.1 Å². The summed E-state index contributed by atoms with van der Waals surface area (Å²) >= 11 is 0. The monoisotopic (exact) mass is 685 g/mol. The fraction of sp³-hybridized carbons (Fsp3) is 0.379. The minimum absolute atomic E-state index is 0. The third-order valence-corrected chi connectivity index (χ3v) is 6.12. The predicted molar refractivity (Wildman–Crippen MR) is 141 cm³/mol. The molecule has 4 aromatic rings. The van der Waals surface area contributed by atoms with E-state index < -0.39 is 5.41 Å². The van der Waals surface area contributed by atoms with E-state index in [9.17, 15) is 5.26 Å². The van der Waals surface area contributed by atoms with E-state index in [1.807, 2.05) is 77.9 Å². The van der Waals surface area contributed by atoms with E-state index in [2.05, 4.69) is 47.4 Å². The average Bonchev–Trinajstić information content (AvgIpc) is 3.49. The molecule has 0 aromatic carbocycles. The molecule has 0 radical (unpaired) electrons. The SMILES string of the molecule is [C-]#[N+]c1[c-]n(-c2cccc(C(C)(C)c3cccc(-n4[c-]c(C#N)c(C(C)(C)C)n4)n3)n2)nc1C(C)(C)C.[Pt+2]. The van der Waals surface area contributed by atoms with Gasteiger partial charge in [-0.15, -0.1) is 0 Å². The van der Waals surface area contributed by atoms with Gasteiger partial charge in [0.05, 0.1) is 18.2 Å². The molecule has 0 aliphatic heterocycles. The number of hydrogen-bond acceptors (Lipinski definition) is 5. The summed E-state index contributed by atoms with van der Waals surface area (Å²) in [5.41, 5.74) is 2.61. The van der Waals surface area contributed by atoms with E-state index in [4.69, 9.17) is 16.5 Å². The van der Waals surface area contributed by atoms with Crippen LogP contribution < -0.4 is 0 Å². The number of aromatic nitrogens is 6. The largest absolute Gasteiger partial charge is 2.00 e. The molecule has 0 saturated carbocycles. The van der Waals surface area contributed by atoms with Crippen molar-refractivity contribution >= 4 is 5.69 Å². The van der Waals surface area contributed by atoms with E-state index >= 15 is 0 Å². The quantitative estimate of drug-likeness (QED) is 0.254. The molecule has 0 spiro atoms. The first-order valence-corrected chi connectivity index (χ1v) is 12.0. The van der Waals surface area contributed by atoms with E-state index in [0.717, 1.165) is 11.4 Å². The van der Waals surface area contributed by atoms with Crippen LogP contribution in [0, 0.1) is 30.3 Å². The summed E-state index contributed by atoms with van der Waals surface area (Å²) in [7, 11) is 0. The van der Waals surface area contributed by atoms with Gasteiger partial charge in [0.15, 0.2) is 0 Å². The maximum atomic E-state index is 9.58. The van der Waals surface area contributed by atoms with Gasteiger partial charge in [0.25, 0.3) is 0 Å². The molecule has 0 N–H and O–H groups in total. The molecule has 0 saturated heterocycles. The molecule has 0 unspecified atom stereocenters. The van der Waals surface area contributed by atoms with Gasteiger partial charge in [-0.2, -0.15) is 0 Å². The molecule has 196 valence electrons. The van der Waals surface area contributed by atoms with Gasteiger partial charge in [0.1, 0.15) is 5.69 Å². The minimum Gasteiger partial charge on any atom is -0.356 e. The Morgan fingerprint density at radius 3 is 1.66 bits per heavy atom. The number of pyridine rings is 2. The van der Waals surface area contributed by atoms with Crippen LogP contribution in [0.25, 0.3) is 16.5 Å². The summed E-state index contributed by atoms with van der Waals surface area (Å²) in [6.07, 6.45) is 6.11. The van der Waals surface area contributed by atoms with Gasteiger partial charge in [-0.05, 0) is 60.3 Å². The summed E-state index contributed by atoms with van der Waals surface area (Å²) in [6.45, 7) is 23.8. The third kappa shape index (κ3) is 5.47. The van der Waals surface area contributed by atoms with E-state index in [-0.39, 0.29) is 31.9 Å².